The molecule has 1 aromatic rings. The van der Waals surface area contributed by atoms with Gasteiger partial charge in [0.2, 0.25) is 0 Å². The lowest BCUT2D eigenvalue weighted by Gasteiger charge is -2.22. The minimum absolute atomic E-state index is 0.211. The van der Waals surface area contributed by atoms with Crippen molar-refractivity contribution in [2.45, 2.75) is 13.0 Å². The first-order valence-corrected chi connectivity index (χ1v) is 5.18. The maximum absolute atomic E-state index is 13.1. The van der Waals surface area contributed by atoms with Crippen LogP contribution >= 0.6 is 0 Å². The van der Waals surface area contributed by atoms with Crippen LogP contribution in [0.3, 0.4) is 0 Å². The molecule has 1 aliphatic rings. The highest BCUT2D eigenvalue weighted by Crippen LogP contribution is 2.15. The van der Waals surface area contributed by atoms with Gasteiger partial charge in [0.25, 0.3) is 0 Å². The summed E-state index contributed by atoms with van der Waals surface area (Å²) in [5, 5.41) is 0. The van der Waals surface area contributed by atoms with Crippen LogP contribution in [0.1, 0.15) is 15.9 Å². The van der Waals surface area contributed by atoms with E-state index in [-0.39, 0.29) is 12.4 Å². The van der Waals surface area contributed by atoms with Crippen molar-refractivity contribution in [2.24, 2.45) is 0 Å². The molecule has 1 atom stereocenters. The van der Waals surface area contributed by atoms with E-state index in [0.29, 0.717) is 18.8 Å². The topological polar surface area (TPSA) is 35.5 Å². The Hall–Kier alpha value is -1.26. The van der Waals surface area contributed by atoms with Crippen molar-refractivity contribution in [3.05, 3.63) is 35.1 Å². The number of carbonyl (C=O) groups is 1. The average molecular weight is 224 g/mol. The van der Waals surface area contributed by atoms with Crippen LogP contribution in [0, 0.1) is 12.7 Å². The van der Waals surface area contributed by atoms with Gasteiger partial charge in [-0.15, -0.1) is 0 Å². The predicted molar refractivity (Wildman–Crippen MR) is 56.0 cm³/mol. The number of halogens is 1. The molecule has 0 aromatic heterocycles. The fourth-order valence-electron chi connectivity index (χ4n) is 1.67. The average Bonchev–Trinajstić information content (AvgIpc) is 2.32. The van der Waals surface area contributed by atoms with Crippen LogP contribution in [0.2, 0.25) is 0 Å². The zero-order valence-electron chi connectivity index (χ0n) is 9.03. The summed E-state index contributed by atoms with van der Waals surface area (Å²) in [5.74, 6) is -0.623. The van der Waals surface area contributed by atoms with Crippen molar-refractivity contribution in [3.63, 3.8) is 0 Å². The Labute approximate surface area is 93.2 Å². The van der Waals surface area contributed by atoms with Crippen LogP contribution in [0.15, 0.2) is 18.2 Å². The molecule has 0 bridgehead atoms. The molecule has 1 unspecified atom stereocenters. The van der Waals surface area contributed by atoms with Crippen molar-refractivity contribution in [2.75, 3.05) is 19.8 Å². The molecular weight excluding hydrogens is 211 g/mol. The SMILES string of the molecule is Cc1ccc(F)cc1C(=O)C1COCCO1. The standard InChI is InChI=1S/C12H13FO3/c1-8-2-3-9(13)6-10(8)12(14)11-7-15-4-5-16-11/h2-3,6,11H,4-5,7H2,1H3. The fourth-order valence-corrected chi connectivity index (χ4v) is 1.67. The zero-order valence-corrected chi connectivity index (χ0v) is 9.03. The van der Waals surface area contributed by atoms with Crippen molar-refractivity contribution >= 4 is 5.78 Å². The lowest BCUT2D eigenvalue weighted by molar-refractivity contribution is -0.0719. The Bertz CT molecular complexity index is 397. The van der Waals surface area contributed by atoms with Crippen LogP contribution in [0.5, 0.6) is 0 Å². The smallest absolute Gasteiger partial charge is 0.194 e. The quantitative estimate of drug-likeness (QED) is 0.718. The number of hydrogen-bond acceptors (Lipinski definition) is 3. The van der Waals surface area contributed by atoms with E-state index in [1.54, 1.807) is 13.0 Å². The first-order chi connectivity index (χ1) is 7.68. The predicted octanol–water partition coefficient (Wildman–Crippen LogP) is 1.73. The highest BCUT2D eigenvalue weighted by molar-refractivity contribution is 6.00. The summed E-state index contributed by atoms with van der Waals surface area (Å²) in [6.45, 7) is 2.93. The lowest BCUT2D eigenvalue weighted by atomic mass is 10.0. The highest BCUT2D eigenvalue weighted by atomic mass is 19.1. The van der Waals surface area contributed by atoms with Crippen LogP contribution in [-0.4, -0.2) is 31.7 Å². The van der Waals surface area contributed by atoms with E-state index in [2.05, 4.69) is 0 Å². The van der Waals surface area contributed by atoms with Gasteiger partial charge in [-0.2, -0.15) is 0 Å². The van der Waals surface area contributed by atoms with Crippen LogP contribution in [0.25, 0.3) is 0 Å². The third kappa shape index (κ3) is 2.28. The summed E-state index contributed by atoms with van der Waals surface area (Å²) >= 11 is 0. The molecular formula is C12H13FO3. The number of rotatable bonds is 2. The number of hydrogen-bond donors (Lipinski definition) is 0. The second kappa shape index (κ2) is 4.72. The first kappa shape index (κ1) is 11.2. The number of ether oxygens (including phenoxy) is 2. The van der Waals surface area contributed by atoms with Gasteiger partial charge in [0.1, 0.15) is 11.9 Å². The van der Waals surface area contributed by atoms with Gasteiger partial charge in [-0.25, -0.2) is 4.39 Å². The number of Topliss-reactive ketones (excluding diaryl/α,β-unsaturated/α-hetero) is 1. The molecule has 1 aromatic carbocycles. The fraction of sp³-hybridized carbons (Fsp3) is 0.417. The maximum atomic E-state index is 13.1. The second-order valence-corrected chi connectivity index (χ2v) is 3.76. The molecule has 1 saturated heterocycles. The van der Waals surface area contributed by atoms with Crippen LogP contribution < -0.4 is 0 Å². The van der Waals surface area contributed by atoms with Crippen molar-refractivity contribution < 1.29 is 18.7 Å². The molecule has 1 fully saturated rings. The Morgan fingerprint density at radius 2 is 2.25 bits per heavy atom. The lowest BCUT2D eigenvalue weighted by Crippen LogP contribution is -2.35. The van der Waals surface area contributed by atoms with Gasteiger partial charge >= 0.3 is 0 Å². The van der Waals surface area contributed by atoms with Crippen molar-refractivity contribution in [1.82, 2.24) is 0 Å². The summed E-state index contributed by atoms with van der Waals surface area (Å²) in [6, 6.07) is 4.17. The summed E-state index contributed by atoms with van der Waals surface area (Å²) in [5.41, 5.74) is 1.12. The molecule has 16 heavy (non-hydrogen) atoms. The molecule has 0 amide bonds. The van der Waals surface area contributed by atoms with E-state index in [1.807, 2.05) is 0 Å². The molecule has 1 heterocycles. The van der Waals surface area contributed by atoms with Crippen LogP contribution in [0.4, 0.5) is 4.39 Å². The third-order valence-corrected chi connectivity index (χ3v) is 2.57. The summed E-state index contributed by atoms with van der Waals surface area (Å²) < 4.78 is 23.5. The molecule has 1 aliphatic heterocycles. The molecule has 0 N–H and O–H groups in total. The summed E-state index contributed by atoms with van der Waals surface area (Å²) in [4.78, 5) is 12.0. The van der Waals surface area contributed by atoms with Gasteiger partial charge in [0.05, 0.1) is 19.8 Å². The number of carbonyl (C=O) groups excluding carboxylic acids is 1. The summed E-state index contributed by atoms with van der Waals surface area (Å²) in [6.07, 6.45) is -0.603. The largest absolute Gasteiger partial charge is 0.376 e. The molecule has 86 valence electrons. The minimum Gasteiger partial charge on any atom is -0.376 e. The molecule has 0 radical (unpaired) electrons. The first-order valence-electron chi connectivity index (χ1n) is 5.18. The Morgan fingerprint density at radius 1 is 1.44 bits per heavy atom. The van der Waals surface area contributed by atoms with E-state index in [1.165, 1.54) is 12.1 Å². The van der Waals surface area contributed by atoms with E-state index in [9.17, 15) is 9.18 Å². The van der Waals surface area contributed by atoms with Gasteiger partial charge in [-0.1, -0.05) is 6.07 Å². The molecule has 3 nitrogen and oxygen atoms in total. The zero-order chi connectivity index (χ0) is 11.5. The van der Waals surface area contributed by atoms with Crippen molar-refractivity contribution in [3.8, 4) is 0 Å². The highest BCUT2D eigenvalue weighted by Gasteiger charge is 2.25. The van der Waals surface area contributed by atoms with Gasteiger partial charge in [-0.05, 0) is 24.6 Å². The molecule has 0 spiro atoms. The number of aryl methyl sites for hydroxylation is 1. The van der Waals surface area contributed by atoms with E-state index in [4.69, 9.17) is 9.47 Å². The number of benzene rings is 1. The van der Waals surface area contributed by atoms with E-state index in [0.717, 1.165) is 5.56 Å². The Balaban J connectivity index is 2.22. The molecule has 0 saturated carbocycles. The van der Waals surface area contributed by atoms with Crippen molar-refractivity contribution in [1.29, 1.82) is 0 Å². The monoisotopic (exact) mass is 224 g/mol. The normalized spacial score (nSPS) is 20.8. The minimum atomic E-state index is -0.603. The Kier molecular flexibility index (Phi) is 3.31. The summed E-state index contributed by atoms with van der Waals surface area (Å²) in [7, 11) is 0. The second-order valence-electron chi connectivity index (χ2n) is 3.76. The van der Waals surface area contributed by atoms with E-state index >= 15 is 0 Å². The van der Waals surface area contributed by atoms with E-state index < -0.39 is 11.9 Å². The van der Waals surface area contributed by atoms with Gasteiger partial charge < -0.3 is 9.47 Å². The van der Waals surface area contributed by atoms with Gasteiger partial charge in [0, 0.05) is 5.56 Å². The maximum Gasteiger partial charge on any atom is 0.194 e. The van der Waals surface area contributed by atoms with Gasteiger partial charge in [0.15, 0.2) is 5.78 Å². The van der Waals surface area contributed by atoms with Crippen LogP contribution in [-0.2, 0) is 9.47 Å². The molecule has 2 rings (SSSR count). The van der Waals surface area contributed by atoms with Gasteiger partial charge in [-0.3, -0.25) is 4.79 Å². The third-order valence-electron chi connectivity index (χ3n) is 2.57. The molecule has 4 heteroatoms. The molecule has 0 aliphatic carbocycles. The number of ketones is 1. The Morgan fingerprint density at radius 3 is 2.94 bits per heavy atom.